The van der Waals surface area contributed by atoms with E-state index >= 15 is 0 Å². The quantitative estimate of drug-likeness (QED) is 0.519. The first kappa shape index (κ1) is 21.7. The SMILES string of the molecule is COc1cccc(/C=C2/SC3CCC(C(=O)NCC(OC)OC)CC3NC2=O)c1. The number of rotatable bonds is 7. The average molecular weight is 421 g/mol. The van der Waals surface area contributed by atoms with Crippen LogP contribution in [-0.2, 0) is 19.1 Å². The largest absolute Gasteiger partial charge is 0.497 e. The van der Waals surface area contributed by atoms with Gasteiger partial charge in [-0.05, 0) is 43.0 Å². The van der Waals surface area contributed by atoms with Gasteiger partial charge in [-0.1, -0.05) is 12.1 Å². The fourth-order valence-corrected chi connectivity index (χ4v) is 5.00. The van der Waals surface area contributed by atoms with Crippen LogP contribution < -0.4 is 15.4 Å². The molecule has 0 radical (unpaired) electrons. The number of benzene rings is 1. The fraction of sp³-hybridized carbons (Fsp3) is 0.524. The number of hydrogen-bond acceptors (Lipinski definition) is 6. The molecule has 8 heteroatoms. The normalized spacial score (nSPS) is 25.4. The van der Waals surface area contributed by atoms with Crippen molar-refractivity contribution in [1.82, 2.24) is 10.6 Å². The lowest BCUT2D eigenvalue weighted by Crippen LogP contribution is -2.52. The van der Waals surface area contributed by atoms with Crippen molar-refractivity contribution >= 4 is 29.7 Å². The monoisotopic (exact) mass is 420 g/mol. The number of carbonyl (C=O) groups excluding carboxylic acids is 2. The second kappa shape index (κ2) is 10.1. The Morgan fingerprint density at radius 2 is 2.10 bits per heavy atom. The summed E-state index contributed by atoms with van der Waals surface area (Å²) in [5.41, 5.74) is 0.930. The maximum atomic E-state index is 12.6. The van der Waals surface area contributed by atoms with Gasteiger partial charge in [0.05, 0.1) is 18.6 Å². The zero-order valence-electron chi connectivity index (χ0n) is 17.0. The first-order chi connectivity index (χ1) is 14.0. The molecule has 3 atom stereocenters. The topological polar surface area (TPSA) is 85.9 Å². The zero-order chi connectivity index (χ0) is 20.8. The Morgan fingerprint density at radius 1 is 1.31 bits per heavy atom. The summed E-state index contributed by atoms with van der Waals surface area (Å²) in [7, 11) is 4.70. The fourth-order valence-electron chi connectivity index (χ4n) is 3.70. The standard InChI is InChI=1S/C21H28N2O5S/c1-26-15-6-4-5-13(9-15)10-18-21(25)23-16-11-14(7-8-17(16)29-18)20(24)22-12-19(27-2)28-3/h4-6,9-10,14,16-17,19H,7-8,11-12H2,1-3H3,(H,22,24)(H,23,25)/b18-10+. The van der Waals surface area contributed by atoms with E-state index in [1.165, 1.54) is 14.2 Å². The molecule has 1 aromatic carbocycles. The van der Waals surface area contributed by atoms with Gasteiger partial charge in [0.15, 0.2) is 6.29 Å². The maximum absolute atomic E-state index is 12.6. The van der Waals surface area contributed by atoms with Crippen molar-refractivity contribution in [1.29, 1.82) is 0 Å². The molecule has 2 aliphatic rings. The Hall–Kier alpha value is -2.03. The third-order valence-electron chi connectivity index (χ3n) is 5.34. The highest BCUT2D eigenvalue weighted by molar-refractivity contribution is 8.04. The van der Waals surface area contributed by atoms with E-state index in [4.69, 9.17) is 14.2 Å². The molecule has 0 bridgehead atoms. The molecular formula is C21H28N2O5S. The van der Waals surface area contributed by atoms with Crippen molar-refractivity contribution in [3.8, 4) is 5.75 Å². The van der Waals surface area contributed by atoms with Crippen molar-refractivity contribution in [3.63, 3.8) is 0 Å². The van der Waals surface area contributed by atoms with Crippen molar-refractivity contribution < 1.29 is 23.8 Å². The van der Waals surface area contributed by atoms with Crippen LogP contribution in [-0.4, -0.2) is 57.3 Å². The van der Waals surface area contributed by atoms with E-state index in [9.17, 15) is 9.59 Å². The Balaban J connectivity index is 1.59. The van der Waals surface area contributed by atoms with Crippen molar-refractivity contribution in [3.05, 3.63) is 34.7 Å². The number of methoxy groups -OCH3 is 3. The van der Waals surface area contributed by atoms with Gasteiger partial charge < -0.3 is 24.8 Å². The van der Waals surface area contributed by atoms with Crippen LogP contribution >= 0.6 is 11.8 Å². The molecule has 1 saturated heterocycles. The van der Waals surface area contributed by atoms with Gasteiger partial charge in [-0.2, -0.15) is 0 Å². The number of nitrogens with one attached hydrogen (secondary N) is 2. The number of carbonyl (C=O) groups is 2. The molecule has 2 amide bonds. The molecule has 3 rings (SSSR count). The Labute approximate surface area is 175 Å². The highest BCUT2D eigenvalue weighted by atomic mass is 32.2. The number of fused-ring (bicyclic) bond motifs is 1. The smallest absolute Gasteiger partial charge is 0.257 e. The predicted octanol–water partition coefficient (Wildman–Crippen LogP) is 2.17. The van der Waals surface area contributed by atoms with Crippen LogP contribution in [0.2, 0.25) is 0 Å². The minimum atomic E-state index is -0.454. The van der Waals surface area contributed by atoms with Crippen molar-refractivity contribution in [2.75, 3.05) is 27.9 Å². The minimum Gasteiger partial charge on any atom is -0.497 e. The van der Waals surface area contributed by atoms with Gasteiger partial charge in [-0.3, -0.25) is 9.59 Å². The highest BCUT2D eigenvalue weighted by Crippen LogP contribution is 2.40. The summed E-state index contributed by atoms with van der Waals surface area (Å²) in [5.74, 6) is 0.544. The van der Waals surface area contributed by atoms with Gasteiger partial charge in [-0.25, -0.2) is 0 Å². The lowest BCUT2D eigenvalue weighted by molar-refractivity contribution is -0.132. The lowest BCUT2D eigenvalue weighted by Gasteiger charge is -2.39. The van der Waals surface area contributed by atoms with Gasteiger partial charge in [-0.15, -0.1) is 11.8 Å². The summed E-state index contributed by atoms with van der Waals surface area (Å²) in [5, 5.41) is 6.26. The molecule has 3 unspecified atom stereocenters. The molecule has 1 aliphatic carbocycles. The van der Waals surface area contributed by atoms with Crippen LogP contribution in [0.3, 0.4) is 0 Å². The maximum Gasteiger partial charge on any atom is 0.257 e. The van der Waals surface area contributed by atoms with Gasteiger partial charge >= 0.3 is 0 Å². The van der Waals surface area contributed by atoms with E-state index in [-0.39, 0.29) is 29.0 Å². The Bertz CT molecular complexity index is 765. The summed E-state index contributed by atoms with van der Waals surface area (Å²) < 4.78 is 15.5. The van der Waals surface area contributed by atoms with Crippen LogP contribution in [0.5, 0.6) is 5.75 Å². The first-order valence-electron chi connectivity index (χ1n) is 9.70. The first-order valence-corrected chi connectivity index (χ1v) is 10.6. The van der Waals surface area contributed by atoms with Gasteiger partial charge in [0.25, 0.3) is 5.91 Å². The van der Waals surface area contributed by atoms with Crippen LogP contribution in [0, 0.1) is 5.92 Å². The third kappa shape index (κ3) is 5.52. The Morgan fingerprint density at radius 3 is 2.83 bits per heavy atom. The molecule has 1 aromatic rings. The van der Waals surface area contributed by atoms with E-state index in [2.05, 4.69) is 10.6 Å². The van der Waals surface area contributed by atoms with Gasteiger partial charge in [0.2, 0.25) is 5.91 Å². The summed E-state index contributed by atoms with van der Waals surface area (Å²) in [6, 6.07) is 7.63. The van der Waals surface area contributed by atoms with Crippen LogP contribution in [0.15, 0.2) is 29.2 Å². The van der Waals surface area contributed by atoms with Crippen LogP contribution in [0.1, 0.15) is 24.8 Å². The van der Waals surface area contributed by atoms with E-state index in [0.717, 1.165) is 24.2 Å². The molecule has 0 spiro atoms. The zero-order valence-corrected chi connectivity index (χ0v) is 17.8. The molecule has 7 nitrogen and oxygen atoms in total. The summed E-state index contributed by atoms with van der Waals surface area (Å²) in [6.07, 6.45) is 3.76. The molecule has 1 aliphatic heterocycles. The molecular weight excluding hydrogens is 392 g/mol. The predicted molar refractivity (Wildman–Crippen MR) is 112 cm³/mol. The van der Waals surface area contributed by atoms with E-state index in [0.29, 0.717) is 17.9 Å². The highest BCUT2D eigenvalue weighted by Gasteiger charge is 2.39. The molecule has 2 N–H and O–H groups in total. The number of amides is 2. The average Bonchev–Trinajstić information content (AvgIpc) is 2.74. The number of hydrogen-bond donors (Lipinski definition) is 2. The minimum absolute atomic E-state index is 0.0000988. The molecule has 2 fully saturated rings. The second-order valence-corrected chi connectivity index (χ2v) is 8.46. The summed E-state index contributed by atoms with van der Waals surface area (Å²) in [6.45, 7) is 0.310. The van der Waals surface area contributed by atoms with Crippen LogP contribution in [0.25, 0.3) is 6.08 Å². The third-order valence-corrected chi connectivity index (χ3v) is 6.76. The lowest BCUT2D eigenvalue weighted by atomic mass is 9.84. The Kier molecular flexibility index (Phi) is 7.57. The summed E-state index contributed by atoms with van der Waals surface area (Å²) in [4.78, 5) is 25.8. The van der Waals surface area contributed by atoms with Crippen molar-refractivity contribution in [2.24, 2.45) is 5.92 Å². The van der Waals surface area contributed by atoms with E-state index < -0.39 is 6.29 Å². The number of ether oxygens (including phenoxy) is 3. The molecule has 158 valence electrons. The van der Waals surface area contributed by atoms with Gasteiger partial charge in [0.1, 0.15) is 5.75 Å². The molecule has 1 saturated carbocycles. The van der Waals surface area contributed by atoms with Crippen LogP contribution in [0.4, 0.5) is 0 Å². The van der Waals surface area contributed by atoms with E-state index in [1.807, 2.05) is 30.3 Å². The second-order valence-electron chi connectivity index (χ2n) is 7.18. The summed E-state index contributed by atoms with van der Waals surface area (Å²) >= 11 is 1.61. The van der Waals surface area contributed by atoms with E-state index in [1.54, 1.807) is 18.9 Å². The van der Waals surface area contributed by atoms with Crippen molar-refractivity contribution in [2.45, 2.75) is 36.8 Å². The van der Waals surface area contributed by atoms with Gasteiger partial charge in [0, 0.05) is 31.4 Å². The number of thioether (sulfide) groups is 1. The molecule has 0 aromatic heterocycles. The molecule has 29 heavy (non-hydrogen) atoms. The molecule has 1 heterocycles.